The van der Waals surface area contributed by atoms with Crippen molar-refractivity contribution in [3.05, 3.63) is 42.2 Å². The number of aryl methyl sites for hydroxylation is 1. The largest absolute Gasteiger partial charge is 0.340 e. The van der Waals surface area contributed by atoms with E-state index in [-0.39, 0.29) is 5.91 Å². The van der Waals surface area contributed by atoms with E-state index in [0.717, 1.165) is 44.1 Å². The molecule has 4 heterocycles. The summed E-state index contributed by atoms with van der Waals surface area (Å²) >= 11 is 0. The summed E-state index contributed by atoms with van der Waals surface area (Å²) in [5.41, 5.74) is 1.49. The number of nitrogens with zero attached hydrogens (tertiary/aromatic N) is 6. The predicted molar refractivity (Wildman–Crippen MR) is 88.5 cm³/mol. The molecule has 7 heteroatoms. The maximum atomic E-state index is 12.6. The number of likely N-dealkylation sites (tertiary alicyclic amines) is 1. The third kappa shape index (κ3) is 2.81. The van der Waals surface area contributed by atoms with Gasteiger partial charge in [0.1, 0.15) is 5.69 Å². The molecule has 2 aliphatic rings. The molecule has 0 aliphatic carbocycles. The van der Waals surface area contributed by atoms with Gasteiger partial charge in [-0.1, -0.05) is 0 Å². The number of aromatic nitrogens is 4. The van der Waals surface area contributed by atoms with E-state index < -0.39 is 0 Å². The number of carbonyl (C=O) groups is 1. The molecule has 2 fully saturated rings. The molecule has 2 atom stereocenters. The quantitative estimate of drug-likeness (QED) is 0.825. The maximum absolute atomic E-state index is 12.6. The van der Waals surface area contributed by atoms with Gasteiger partial charge in [0, 0.05) is 51.0 Å². The van der Waals surface area contributed by atoms with E-state index in [4.69, 9.17) is 0 Å². The van der Waals surface area contributed by atoms with Crippen LogP contribution in [0.1, 0.15) is 22.5 Å². The lowest BCUT2D eigenvalue weighted by molar-refractivity contribution is 0.0636. The Morgan fingerprint density at radius 2 is 1.83 bits per heavy atom. The van der Waals surface area contributed by atoms with Crippen LogP contribution >= 0.6 is 0 Å². The van der Waals surface area contributed by atoms with Crippen molar-refractivity contribution in [2.45, 2.75) is 13.3 Å². The number of carbonyl (C=O) groups excluding carboxylic acids is 1. The second-order valence-corrected chi connectivity index (χ2v) is 6.62. The zero-order valence-electron chi connectivity index (χ0n) is 13.7. The summed E-state index contributed by atoms with van der Waals surface area (Å²) in [5, 5.41) is 0. The fourth-order valence-corrected chi connectivity index (χ4v) is 3.64. The van der Waals surface area contributed by atoms with Crippen LogP contribution in [-0.2, 0) is 0 Å². The Morgan fingerprint density at radius 3 is 2.58 bits per heavy atom. The highest BCUT2D eigenvalue weighted by Crippen LogP contribution is 2.33. The zero-order chi connectivity index (χ0) is 16.5. The van der Waals surface area contributed by atoms with Crippen molar-refractivity contribution in [2.75, 3.05) is 31.1 Å². The predicted octanol–water partition coefficient (Wildman–Crippen LogP) is 1.17. The monoisotopic (exact) mass is 324 g/mol. The van der Waals surface area contributed by atoms with E-state index in [1.54, 1.807) is 12.4 Å². The first-order valence-electron chi connectivity index (χ1n) is 8.29. The number of hydrogen-bond acceptors (Lipinski definition) is 6. The van der Waals surface area contributed by atoms with Crippen molar-refractivity contribution in [1.82, 2.24) is 24.8 Å². The van der Waals surface area contributed by atoms with Gasteiger partial charge in [-0.05, 0) is 30.7 Å². The molecule has 0 bridgehead atoms. The first-order valence-corrected chi connectivity index (χ1v) is 8.29. The normalized spacial score (nSPS) is 23.2. The summed E-state index contributed by atoms with van der Waals surface area (Å²) in [4.78, 5) is 33.7. The van der Waals surface area contributed by atoms with Gasteiger partial charge in [-0.15, -0.1) is 0 Å². The van der Waals surface area contributed by atoms with E-state index in [0.29, 0.717) is 17.5 Å². The van der Waals surface area contributed by atoms with Gasteiger partial charge >= 0.3 is 0 Å². The maximum Gasteiger partial charge on any atom is 0.274 e. The van der Waals surface area contributed by atoms with Crippen LogP contribution in [0, 0.1) is 18.8 Å². The Bertz CT molecular complexity index is 720. The number of amides is 1. The molecule has 124 valence electrons. The Morgan fingerprint density at radius 1 is 1.04 bits per heavy atom. The molecule has 0 aromatic carbocycles. The lowest BCUT2D eigenvalue weighted by atomic mass is 9.88. The number of fused-ring (bicyclic) bond motifs is 1. The third-order valence-corrected chi connectivity index (χ3v) is 4.92. The van der Waals surface area contributed by atoms with Gasteiger partial charge in [-0.2, -0.15) is 0 Å². The van der Waals surface area contributed by atoms with Crippen LogP contribution in [0.4, 0.5) is 5.95 Å². The summed E-state index contributed by atoms with van der Waals surface area (Å²) in [6.45, 7) is 5.41. The smallest absolute Gasteiger partial charge is 0.274 e. The molecule has 0 radical (unpaired) electrons. The first kappa shape index (κ1) is 15.0. The van der Waals surface area contributed by atoms with Crippen LogP contribution in [-0.4, -0.2) is 56.9 Å². The third-order valence-electron chi connectivity index (χ3n) is 4.92. The van der Waals surface area contributed by atoms with E-state index in [1.165, 1.54) is 6.20 Å². The molecule has 0 saturated carbocycles. The Labute approximate surface area is 140 Å². The minimum Gasteiger partial charge on any atom is -0.340 e. The molecular formula is C17H20N6O. The summed E-state index contributed by atoms with van der Waals surface area (Å²) in [7, 11) is 0. The Hall–Kier alpha value is -2.57. The standard InChI is InChI=1S/C17H20N6O/c1-12-6-20-17(21-7-12)23-9-13-2-5-22(10-14(13)11-23)16(24)15-8-18-3-4-19-15/h3-4,6-8,13-14H,2,5,9-11H2,1H3/t13-,14-/m0/s1. The van der Waals surface area contributed by atoms with Gasteiger partial charge < -0.3 is 9.80 Å². The van der Waals surface area contributed by atoms with Gasteiger partial charge in [0.05, 0.1) is 6.20 Å². The Kier molecular flexibility index (Phi) is 3.84. The van der Waals surface area contributed by atoms with E-state index in [9.17, 15) is 4.79 Å². The molecule has 24 heavy (non-hydrogen) atoms. The summed E-state index contributed by atoms with van der Waals surface area (Å²) in [5.74, 6) is 1.83. The molecule has 7 nitrogen and oxygen atoms in total. The van der Waals surface area contributed by atoms with Crippen LogP contribution in [0.2, 0.25) is 0 Å². The van der Waals surface area contributed by atoms with Crippen LogP contribution < -0.4 is 4.90 Å². The van der Waals surface area contributed by atoms with E-state index >= 15 is 0 Å². The van der Waals surface area contributed by atoms with Crippen molar-refractivity contribution in [2.24, 2.45) is 11.8 Å². The molecule has 0 spiro atoms. The van der Waals surface area contributed by atoms with Crippen LogP contribution in [0.25, 0.3) is 0 Å². The highest BCUT2D eigenvalue weighted by atomic mass is 16.2. The van der Waals surface area contributed by atoms with Crippen LogP contribution in [0.15, 0.2) is 31.0 Å². The van der Waals surface area contributed by atoms with Crippen molar-refractivity contribution >= 4 is 11.9 Å². The number of anilines is 1. The molecule has 4 rings (SSSR count). The number of piperidine rings is 1. The van der Waals surface area contributed by atoms with Crippen LogP contribution in [0.3, 0.4) is 0 Å². The van der Waals surface area contributed by atoms with Gasteiger partial charge in [-0.3, -0.25) is 9.78 Å². The van der Waals surface area contributed by atoms with Crippen molar-refractivity contribution < 1.29 is 4.79 Å². The van der Waals surface area contributed by atoms with Gasteiger partial charge in [0.15, 0.2) is 0 Å². The molecule has 2 aromatic rings. The fraction of sp³-hybridized carbons (Fsp3) is 0.471. The van der Waals surface area contributed by atoms with Gasteiger partial charge in [0.2, 0.25) is 5.95 Å². The molecule has 2 aliphatic heterocycles. The van der Waals surface area contributed by atoms with Gasteiger partial charge in [0.25, 0.3) is 5.91 Å². The second-order valence-electron chi connectivity index (χ2n) is 6.62. The summed E-state index contributed by atoms with van der Waals surface area (Å²) < 4.78 is 0. The second kappa shape index (κ2) is 6.14. The average Bonchev–Trinajstić information content (AvgIpc) is 3.05. The fourth-order valence-electron chi connectivity index (χ4n) is 3.64. The molecule has 1 amide bonds. The lowest BCUT2D eigenvalue weighted by Crippen LogP contribution is -2.43. The molecule has 2 aromatic heterocycles. The van der Waals surface area contributed by atoms with Crippen LogP contribution in [0.5, 0.6) is 0 Å². The molecule has 2 saturated heterocycles. The molecular weight excluding hydrogens is 304 g/mol. The lowest BCUT2D eigenvalue weighted by Gasteiger charge is -2.33. The minimum atomic E-state index is -0.0217. The molecule has 0 unspecified atom stereocenters. The Balaban J connectivity index is 1.44. The van der Waals surface area contributed by atoms with Crippen molar-refractivity contribution in [1.29, 1.82) is 0 Å². The molecule has 0 N–H and O–H groups in total. The SMILES string of the molecule is Cc1cnc(N2C[C@@H]3CCN(C(=O)c4cnccn4)C[C@H]3C2)nc1. The average molecular weight is 324 g/mol. The summed E-state index contributed by atoms with van der Waals surface area (Å²) in [6, 6.07) is 0. The van der Waals surface area contributed by atoms with Crippen molar-refractivity contribution in [3.63, 3.8) is 0 Å². The first-order chi connectivity index (χ1) is 11.7. The number of rotatable bonds is 2. The van der Waals surface area contributed by atoms with Gasteiger partial charge in [-0.25, -0.2) is 15.0 Å². The highest BCUT2D eigenvalue weighted by molar-refractivity contribution is 5.92. The topological polar surface area (TPSA) is 75.1 Å². The van der Waals surface area contributed by atoms with Crippen molar-refractivity contribution in [3.8, 4) is 0 Å². The summed E-state index contributed by atoms with van der Waals surface area (Å²) in [6.07, 6.45) is 9.41. The zero-order valence-corrected chi connectivity index (χ0v) is 13.7. The minimum absolute atomic E-state index is 0.0217. The number of hydrogen-bond donors (Lipinski definition) is 0. The van der Waals surface area contributed by atoms with E-state index in [1.807, 2.05) is 24.2 Å². The highest BCUT2D eigenvalue weighted by Gasteiger charge is 2.39. The van der Waals surface area contributed by atoms with E-state index in [2.05, 4.69) is 24.8 Å².